The van der Waals surface area contributed by atoms with Gasteiger partial charge in [-0.1, -0.05) is 15.9 Å². The third kappa shape index (κ3) is 2.38. The molecule has 0 aliphatic heterocycles. The summed E-state index contributed by atoms with van der Waals surface area (Å²) in [7, 11) is 1.80. The number of hydrogen-bond donors (Lipinski definition) is 0. The van der Waals surface area contributed by atoms with Crippen LogP contribution in [0.15, 0.2) is 22.7 Å². The second kappa shape index (κ2) is 5.32. The Morgan fingerprint density at radius 3 is 2.80 bits per heavy atom. The smallest absolute Gasteiger partial charge is 0.127 e. The van der Waals surface area contributed by atoms with Gasteiger partial charge in [-0.15, -0.1) is 11.6 Å². The van der Waals surface area contributed by atoms with Crippen molar-refractivity contribution >= 4 is 38.6 Å². The average Bonchev–Trinajstić information content (AvgIpc) is 2.71. The monoisotopic (exact) mass is 356 g/mol. The molecule has 0 amide bonds. The highest BCUT2D eigenvalue weighted by atomic mass is 79.9. The predicted octanol–water partition coefficient (Wildman–Crippen LogP) is 4.67. The molecule has 1 atom stereocenters. The summed E-state index contributed by atoms with van der Waals surface area (Å²) < 4.78 is 9.01. The number of rotatable bonds is 4. The van der Waals surface area contributed by atoms with Gasteiger partial charge in [-0.25, -0.2) is 4.98 Å². The Morgan fingerprint density at radius 2 is 2.25 bits per heavy atom. The summed E-state index contributed by atoms with van der Waals surface area (Å²) in [6, 6.07) is 6.18. The minimum absolute atomic E-state index is 0.0404. The van der Waals surface area contributed by atoms with Crippen molar-refractivity contribution in [3.05, 3.63) is 28.5 Å². The number of ether oxygens (including phenoxy) is 1. The number of aromatic nitrogens is 2. The standard InChI is InChI=1S/C15H18BrClN2O/c1-10(17)14-18-12-8-11(16)4-5-13(12)19(14)9-15(20-2)6-3-7-15/h4-5,8,10H,3,6-7,9H2,1-2H3. The molecule has 1 saturated carbocycles. The normalized spacial score (nSPS) is 19.0. The molecule has 0 bridgehead atoms. The highest BCUT2D eigenvalue weighted by Crippen LogP contribution is 2.38. The first kappa shape index (κ1) is 14.4. The van der Waals surface area contributed by atoms with E-state index in [9.17, 15) is 0 Å². The lowest BCUT2D eigenvalue weighted by atomic mass is 9.80. The molecule has 0 N–H and O–H groups in total. The number of fused-ring (bicyclic) bond motifs is 1. The number of hydrogen-bond acceptors (Lipinski definition) is 2. The molecule has 0 saturated heterocycles. The maximum atomic E-state index is 6.32. The van der Waals surface area contributed by atoms with Crippen LogP contribution in [0.4, 0.5) is 0 Å². The van der Waals surface area contributed by atoms with Gasteiger partial charge in [0, 0.05) is 11.6 Å². The quantitative estimate of drug-likeness (QED) is 0.744. The Kier molecular flexibility index (Phi) is 3.82. The minimum atomic E-state index is -0.116. The van der Waals surface area contributed by atoms with E-state index in [1.54, 1.807) is 7.11 Å². The number of alkyl halides is 1. The topological polar surface area (TPSA) is 27.1 Å². The van der Waals surface area contributed by atoms with Crippen LogP contribution in [0.5, 0.6) is 0 Å². The lowest BCUT2D eigenvalue weighted by Crippen LogP contribution is -2.43. The number of nitrogens with zero attached hydrogens (tertiary/aromatic N) is 2. The fraction of sp³-hybridized carbons (Fsp3) is 0.533. The van der Waals surface area contributed by atoms with Gasteiger partial charge < -0.3 is 9.30 Å². The van der Waals surface area contributed by atoms with Crippen LogP contribution >= 0.6 is 27.5 Å². The first-order valence-electron chi connectivity index (χ1n) is 6.89. The van der Waals surface area contributed by atoms with E-state index in [1.807, 2.05) is 19.1 Å². The van der Waals surface area contributed by atoms with Gasteiger partial charge in [0.2, 0.25) is 0 Å². The Morgan fingerprint density at radius 1 is 1.50 bits per heavy atom. The van der Waals surface area contributed by atoms with Crippen LogP contribution in [-0.4, -0.2) is 22.3 Å². The van der Waals surface area contributed by atoms with Crippen molar-refractivity contribution in [2.45, 2.75) is 43.7 Å². The molecule has 20 heavy (non-hydrogen) atoms. The van der Waals surface area contributed by atoms with E-state index < -0.39 is 0 Å². The number of halogens is 2. The zero-order chi connectivity index (χ0) is 14.3. The predicted molar refractivity (Wildman–Crippen MR) is 85.3 cm³/mol. The molecule has 1 aromatic heterocycles. The molecular formula is C15H18BrClN2O. The van der Waals surface area contributed by atoms with Crippen LogP contribution in [-0.2, 0) is 11.3 Å². The second-order valence-corrected chi connectivity index (χ2v) is 7.12. The van der Waals surface area contributed by atoms with Crippen molar-refractivity contribution in [1.82, 2.24) is 9.55 Å². The summed E-state index contributed by atoms with van der Waals surface area (Å²) >= 11 is 9.81. The van der Waals surface area contributed by atoms with Crippen molar-refractivity contribution in [1.29, 1.82) is 0 Å². The molecule has 3 nitrogen and oxygen atoms in total. The maximum absolute atomic E-state index is 6.32. The molecule has 1 aliphatic carbocycles. The van der Waals surface area contributed by atoms with Crippen LogP contribution in [0.2, 0.25) is 0 Å². The fourth-order valence-corrected chi connectivity index (χ4v) is 3.39. The molecule has 1 unspecified atom stereocenters. The van der Waals surface area contributed by atoms with Gasteiger partial charge in [0.05, 0.1) is 28.6 Å². The van der Waals surface area contributed by atoms with E-state index in [2.05, 4.69) is 26.6 Å². The first-order valence-corrected chi connectivity index (χ1v) is 8.12. The number of benzene rings is 1. The molecule has 108 valence electrons. The SMILES string of the molecule is COC1(Cn2c(C(C)Cl)nc3cc(Br)ccc32)CCC1. The summed E-state index contributed by atoms with van der Waals surface area (Å²) in [5.41, 5.74) is 2.06. The van der Waals surface area contributed by atoms with Gasteiger partial charge in [0.25, 0.3) is 0 Å². The van der Waals surface area contributed by atoms with Gasteiger partial charge in [0.1, 0.15) is 5.82 Å². The number of imidazole rings is 1. The molecule has 3 rings (SSSR count). The van der Waals surface area contributed by atoms with Crippen LogP contribution in [0.3, 0.4) is 0 Å². The van der Waals surface area contributed by atoms with Gasteiger partial charge in [-0.2, -0.15) is 0 Å². The Labute approximate surface area is 132 Å². The summed E-state index contributed by atoms with van der Waals surface area (Å²) in [6.45, 7) is 2.79. The van der Waals surface area contributed by atoms with Crippen molar-refractivity contribution in [3.8, 4) is 0 Å². The summed E-state index contributed by atoms with van der Waals surface area (Å²) in [4.78, 5) is 4.70. The van der Waals surface area contributed by atoms with Gasteiger partial charge >= 0.3 is 0 Å². The lowest BCUT2D eigenvalue weighted by molar-refractivity contribution is -0.0832. The molecule has 1 fully saturated rings. The Bertz CT molecular complexity index is 629. The average molecular weight is 358 g/mol. The zero-order valence-electron chi connectivity index (χ0n) is 11.7. The van der Waals surface area contributed by atoms with E-state index in [1.165, 1.54) is 6.42 Å². The molecule has 5 heteroatoms. The third-order valence-corrected chi connectivity index (χ3v) is 4.93. The Hall–Kier alpha value is -0.580. The summed E-state index contributed by atoms with van der Waals surface area (Å²) in [6.07, 6.45) is 3.45. The molecule has 0 radical (unpaired) electrons. The number of methoxy groups -OCH3 is 1. The largest absolute Gasteiger partial charge is 0.376 e. The van der Waals surface area contributed by atoms with Crippen molar-refractivity contribution in [2.75, 3.05) is 7.11 Å². The highest BCUT2D eigenvalue weighted by Gasteiger charge is 2.38. The molecular weight excluding hydrogens is 340 g/mol. The van der Waals surface area contributed by atoms with Crippen molar-refractivity contribution < 1.29 is 4.74 Å². The van der Waals surface area contributed by atoms with Crippen LogP contribution in [0, 0.1) is 0 Å². The van der Waals surface area contributed by atoms with Gasteiger partial charge in [-0.05, 0) is 44.4 Å². The van der Waals surface area contributed by atoms with E-state index in [-0.39, 0.29) is 11.0 Å². The van der Waals surface area contributed by atoms with E-state index >= 15 is 0 Å². The van der Waals surface area contributed by atoms with Crippen molar-refractivity contribution in [2.24, 2.45) is 0 Å². The lowest BCUT2D eigenvalue weighted by Gasteiger charge is -2.41. The summed E-state index contributed by atoms with van der Waals surface area (Å²) in [5.74, 6) is 0.920. The third-order valence-electron chi connectivity index (χ3n) is 4.24. The fourth-order valence-electron chi connectivity index (χ4n) is 2.88. The van der Waals surface area contributed by atoms with E-state index in [4.69, 9.17) is 21.3 Å². The molecule has 1 heterocycles. The van der Waals surface area contributed by atoms with Gasteiger partial charge in [-0.3, -0.25) is 0 Å². The first-order chi connectivity index (χ1) is 9.54. The Balaban J connectivity index is 2.09. The van der Waals surface area contributed by atoms with Crippen molar-refractivity contribution in [3.63, 3.8) is 0 Å². The summed E-state index contributed by atoms with van der Waals surface area (Å²) in [5, 5.41) is -0.116. The van der Waals surface area contributed by atoms with E-state index in [0.29, 0.717) is 0 Å². The molecule has 2 aromatic rings. The minimum Gasteiger partial charge on any atom is -0.376 e. The van der Waals surface area contributed by atoms with Crippen LogP contribution < -0.4 is 0 Å². The maximum Gasteiger partial charge on any atom is 0.127 e. The van der Waals surface area contributed by atoms with Gasteiger partial charge in [0.15, 0.2) is 0 Å². The van der Waals surface area contributed by atoms with Crippen LogP contribution in [0.25, 0.3) is 11.0 Å². The molecule has 0 spiro atoms. The van der Waals surface area contributed by atoms with E-state index in [0.717, 1.165) is 40.7 Å². The molecule has 1 aliphatic rings. The highest BCUT2D eigenvalue weighted by molar-refractivity contribution is 9.10. The second-order valence-electron chi connectivity index (χ2n) is 5.55. The van der Waals surface area contributed by atoms with Crippen LogP contribution in [0.1, 0.15) is 37.4 Å². The molecule has 1 aromatic carbocycles. The zero-order valence-corrected chi connectivity index (χ0v) is 14.0.